The summed E-state index contributed by atoms with van der Waals surface area (Å²) in [5.41, 5.74) is 2.33. The van der Waals surface area contributed by atoms with E-state index in [9.17, 15) is 0 Å². The number of nitrogens with one attached hydrogen (secondary N) is 1. The number of pyridine rings is 1. The van der Waals surface area contributed by atoms with Crippen LogP contribution in [0.1, 0.15) is 25.0 Å². The highest BCUT2D eigenvalue weighted by Crippen LogP contribution is 2.27. The zero-order valence-corrected chi connectivity index (χ0v) is 11.6. The second-order valence-electron chi connectivity index (χ2n) is 4.40. The molecule has 2 aromatic heterocycles. The smallest absolute Gasteiger partial charge is 0.261 e. The van der Waals surface area contributed by atoms with Crippen LogP contribution in [0.4, 0.5) is 0 Å². The van der Waals surface area contributed by atoms with Crippen LogP contribution in [0.25, 0.3) is 0 Å². The first-order valence-electron chi connectivity index (χ1n) is 5.91. The van der Waals surface area contributed by atoms with E-state index in [4.69, 9.17) is 4.42 Å². The second kappa shape index (κ2) is 6.02. The van der Waals surface area contributed by atoms with Crippen molar-refractivity contribution in [3.63, 3.8) is 0 Å². The van der Waals surface area contributed by atoms with Gasteiger partial charge in [-0.05, 0) is 29.8 Å². The third-order valence-electron chi connectivity index (χ3n) is 2.39. The predicted octanol–water partition coefficient (Wildman–Crippen LogP) is 3.03. The van der Waals surface area contributed by atoms with Crippen molar-refractivity contribution in [2.24, 2.45) is 0 Å². The molecule has 0 aromatic carbocycles. The lowest BCUT2D eigenvalue weighted by Crippen LogP contribution is -2.21. The molecule has 96 valence electrons. The number of hydrogen-bond acceptors (Lipinski definition) is 5. The average molecular weight is 263 g/mol. The highest BCUT2D eigenvalue weighted by atomic mass is 32.2. The van der Waals surface area contributed by atoms with E-state index in [2.05, 4.69) is 42.1 Å². The first-order chi connectivity index (χ1) is 8.65. The number of rotatable bonds is 5. The molecule has 2 rings (SSSR count). The highest BCUT2D eigenvalue weighted by molar-refractivity contribution is 7.99. The molecule has 2 aromatic rings. The molecule has 0 bridgehead atoms. The van der Waals surface area contributed by atoms with Crippen LogP contribution < -0.4 is 5.32 Å². The fourth-order valence-electron chi connectivity index (χ4n) is 1.49. The summed E-state index contributed by atoms with van der Waals surface area (Å²) in [4.78, 5) is 8.53. The molecule has 0 amide bonds. The molecule has 18 heavy (non-hydrogen) atoms. The van der Waals surface area contributed by atoms with Crippen molar-refractivity contribution in [2.45, 2.75) is 43.6 Å². The minimum Gasteiger partial charge on any atom is -0.440 e. The Morgan fingerprint density at radius 2 is 2.22 bits per heavy atom. The van der Waals surface area contributed by atoms with Gasteiger partial charge in [-0.3, -0.25) is 0 Å². The molecule has 0 unspecified atom stereocenters. The van der Waals surface area contributed by atoms with Crippen molar-refractivity contribution in [1.29, 1.82) is 0 Å². The third kappa shape index (κ3) is 3.58. The summed E-state index contributed by atoms with van der Waals surface area (Å²) < 4.78 is 5.20. The van der Waals surface area contributed by atoms with E-state index in [0.29, 0.717) is 11.3 Å². The van der Waals surface area contributed by atoms with E-state index in [-0.39, 0.29) is 0 Å². The van der Waals surface area contributed by atoms with Crippen LogP contribution in [0, 0.1) is 6.92 Å². The van der Waals surface area contributed by atoms with Gasteiger partial charge in [0.15, 0.2) is 0 Å². The van der Waals surface area contributed by atoms with Crippen LogP contribution in [-0.2, 0) is 6.54 Å². The molecule has 2 heterocycles. The van der Waals surface area contributed by atoms with Crippen molar-refractivity contribution in [1.82, 2.24) is 15.3 Å². The minimum absolute atomic E-state index is 0.478. The fraction of sp³-hybridized carbons (Fsp3) is 0.385. The Morgan fingerprint density at radius 3 is 2.83 bits per heavy atom. The molecule has 0 saturated carbocycles. The Hall–Kier alpha value is -1.33. The molecular weight excluding hydrogens is 246 g/mol. The Balaban J connectivity index is 2.05. The normalized spacial score (nSPS) is 11.1. The Kier molecular flexibility index (Phi) is 4.38. The molecule has 0 atom stereocenters. The van der Waals surface area contributed by atoms with Gasteiger partial charge in [0.2, 0.25) is 0 Å². The van der Waals surface area contributed by atoms with Crippen LogP contribution in [0.3, 0.4) is 0 Å². The van der Waals surface area contributed by atoms with Crippen LogP contribution in [0.15, 0.2) is 39.4 Å². The lowest BCUT2D eigenvalue weighted by atomic mass is 10.2. The molecule has 0 fully saturated rings. The molecule has 0 spiro atoms. The lowest BCUT2D eigenvalue weighted by molar-refractivity contribution is 0.454. The van der Waals surface area contributed by atoms with Gasteiger partial charge in [-0.15, -0.1) is 0 Å². The van der Waals surface area contributed by atoms with Gasteiger partial charge in [0.25, 0.3) is 5.22 Å². The summed E-state index contributed by atoms with van der Waals surface area (Å²) in [6, 6.07) is 2.62. The van der Waals surface area contributed by atoms with E-state index in [1.54, 1.807) is 12.5 Å². The monoisotopic (exact) mass is 263 g/mol. The van der Waals surface area contributed by atoms with Crippen molar-refractivity contribution in [3.8, 4) is 0 Å². The van der Waals surface area contributed by atoms with E-state index in [1.165, 1.54) is 17.3 Å². The minimum atomic E-state index is 0.478. The molecule has 0 aliphatic rings. The van der Waals surface area contributed by atoms with Gasteiger partial charge in [-0.2, -0.15) is 0 Å². The van der Waals surface area contributed by atoms with E-state index < -0.39 is 0 Å². The Labute approximate surface area is 111 Å². The number of oxazole rings is 1. The van der Waals surface area contributed by atoms with Crippen molar-refractivity contribution in [3.05, 3.63) is 35.9 Å². The maximum atomic E-state index is 5.20. The van der Waals surface area contributed by atoms with Crippen LogP contribution in [0.5, 0.6) is 0 Å². The molecule has 0 saturated heterocycles. The predicted molar refractivity (Wildman–Crippen MR) is 71.6 cm³/mol. The molecule has 0 radical (unpaired) electrons. The largest absolute Gasteiger partial charge is 0.440 e. The van der Waals surface area contributed by atoms with E-state index >= 15 is 0 Å². The van der Waals surface area contributed by atoms with Gasteiger partial charge < -0.3 is 9.73 Å². The standard InChI is InChI=1S/C13H17N3OS/c1-9(2)15-7-11-6-10(3)12(16-8-11)18-13-14-4-5-17-13/h4-6,8-9,15H,7H2,1-3H3. The fourth-order valence-corrected chi connectivity index (χ4v) is 2.20. The van der Waals surface area contributed by atoms with Crippen molar-refractivity contribution in [2.75, 3.05) is 0 Å². The van der Waals surface area contributed by atoms with Crippen molar-refractivity contribution < 1.29 is 4.42 Å². The quantitative estimate of drug-likeness (QED) is 0.898. The summed E-state index contributed by atoms with van der Waals surface area (Å²) in [7, 11) is 0. The molecule has 5 heteroatoms. The molecular formula is C13H17N3OS. The number of aryl methyl sites for hydroxylation is 1. The molecule has 4 nitrogen and oxygen atoms in total. The van der Waals surface area contributed by atoms with Crippen LogP contribution in [0.2, 0.25) is 0 Å². The zero-order chi connectivity index (χ0) is 13.0. The van der Waals surface area contributed by atoms with E-state index in [0.717, 1.165) is 17.1 Å². The van der Waals surface area contributed by atoms with Gasteiger partial charge >= 0.3 is 0 Å². The summed E-state index contributed by atoms with van der Waals surface area (Å²) in [6.07, 6.45) is 5.10. The van der Waals surface area contributed by atoms with Crippen molar-refractivity contribution >= 4 is 11.8 Å². The second-order valence-corrected chi connectivity index (χ2v) is 5.34. The summed E-state index contributed by atoms with van der Waals surface area (Å²) in [6.45, 7) is 7.16. The summed E-state index contributed by atoms with van der Waals surface area (Å²) in [5, 5.41) is 4.94. The summed E-state index contributed by atoms with van der Waals surface area (Å²) >= 11 is 1.44. The third-order valence-corrected chi connectivity index (χ3v) is 3.39. The first-order valence-corrected chi connectivity index (χ1v) is 6.73. The van der Waals surface area contributed by atoms with Crippen LogP contribution >= 0.6 is 11.8 Å². The number of aromatic nitrogens is 2. The lowest BCUT2D eigenvalue weighted by Gasteiger charge is -2.09. The molecule has 0 aliphatic carbocycles. The topological polar surface area (TPSA) is 51.0 Å². The van der Waals surface area contributed by atoms with Gasteiger partial charge in [0.05, 0.1) is 6.20 Å². The Bertz CT molecular complexity index is 497. The van der Waals surface area contributed by atoms with Gasteiger partial charge in [-0.25, -0.2) is 9.97 Å². The number of nitrogens with zero attached hydrogens (tertiary/aromatic N) is 2. The Morgan fingerprint density at radius 1 is 1.39 bits per heavy atom. The van der Waals surface area contributed by atoms with Gasteiger partial charge in [-0.1, -0.05) is 19.9 Å². The maximum Gasteiger partial charge on any atom is 0.261 e. The SMILES string of the molecule is Cc1cc(CNC(C)C)cnc1Sc1ncco1. The van der Waals surface area contributed by atoms with Gasteiger partial charge in [0, 0.05) is 18.8 Å². The molecule has 1 N–H and O–H groups in total. The molecule has 0 aliphatic heterocycles. The van der Waals surface area contributed by atoms with Gasteiger partial charge in [0.1, 0.15) is 11.3 Å². The maximum absolute atomic E-state index is 5.20. The first kappa shape index (κ1) is 13.1. The highest BCUT2D eigenvalue weighted by Gasteiger charge is 2.07. The van der Waals surface area contributed by atoms with E-state index in [1.807, 2.05) is 6.20 Å². The number of hydrogen-bond donors (Lipinski definition) is 1. The van der Waals surface area contributed by atoms with Crippen LogP contribution in [-0.4, -0.2) is 16.0 Å². The zero-order valence-electron chi connectivity index (χ0n) is 10.8. The average Bonchev–Trinajstić information content (AvgIpc) is 2.82. The summed E-state index contributed by atoms with van der Waals surface area (Å²) in [5.74, 6) is 0.